The van der Waals surface area contributed by atoms with Gasteiger partial charge in [0.1, 0.15) is 0 Å². The maximum atomic E-state index is 6.24. The van der Waals surface area contributed by atoms with Crippen molar-refractivity contribution in [2.24, 2.45) is 5.73 Å². The smallest absolute Gasteiger partial charge is 0.0174 e. The van der Waals surface area contributed by atoms with Gasteiger partial charge in [0, 0.05) is 16.7 Å². The van der Waals surface area contributed by atoms with Crippen molar-refractivity contribution in [1.82, 2.24) is 0 Å². The Balaban J connectivity index is 1.84. The molecule has 0 saturated heterocycles. The van der Waals surface area contributed by atoms with Crippen LogP contribution in [-0.2, 0) is 12.8 Å². The van der Waals surface area contributed by atoms with Crippen molar-refractivity contribution in [2.75, 3.05) is 5.75 Å². The lowest BCUT2D eigenvalue weighted by Gasteiger charge is -2.12. The van der Waals surface area contributed by atoms with Crippen LogP contribution in [0.2, 0.25) is 0 Å². The van der Waals surface area contributed by atoms with Crippen molar-refractivity contribution in [3.05, 3.63) is 65.2 Å². The van der Waals surface area contributed by atoms with Crippen LogP contribution < -0.4 is 5.73 Å². The molecule has 2 aromatic rings. The van der Waals surface area contributed by atoms with E-state index in [1.807, 2.05) is 11.8 Å². The minimum absolute atomic E-state index is 0.202. The fourth-order valence-corrected chi connectivity index (χ4v) is 3.15. The third-order valence-electron chi connectivity index (χ3n) is 3.38. The first-order valence-electron chi connectivity index (χ1n) is 7.20. The van der Waals surface area contributed by atoms with Crippen molar-refractivity contribution in [3.8, 4) is 0 Å². The van der Waals surface area contributed by atoms with Crippen molar-refractivity contribution >= 4 is 11.8 Å². The van der Waals surface area contributed by atoms with E-state index in [-0.39, 0.29) is 6.04 Å². The number of benzene rings is 2. The second-order valence-electron chi connectivity index (χ2n) is 5.26. The highest BCUT2D eigenvalue weighted by atomic mass is 32.2. The summed E-state index contributed by atoms with van der Waals surface area (Å²) < 4.78 is 0. The fourth-order valence-electron chi connectivity index (χ4n) is 2.18. The van der Waals surface area contributed by atoms with Crippen molar-refractivity contribution in [1.29, 1.82) is 0 Å². The Hall–Kier alpha value is -1.25. The molecule has 0 aromatic heterocycles. The van der Waals surface area contributed by atoms with Gasteiger partial charge < -0.3 is 5.73 Å². The Morgan fingerprint density at radius 3 is 2.40 bits per heavy atom. The second kappa shape index (κ2) is 7.51. The molecule has 2 heteroatoms. The van der Waals surface area contributed by atoms with Crippen LogP contribution in [0.4, 0.5) is 0 Å². The van der Waals surface area contributed by atoms with E-state index in [0.29, 0.717) is 0 Å². The molecule has 2 N–H and O–H groups in total. The van der Waals surface area contributed by atoms with Gasteiger partial charge in [-0.2, -0.15) is 0 Å². The van der Waals surface area contributed by atoms with Gasteiger partial charge in [-0.25, -0.2) is 0 Å². The van der Waals surface area contributed by atoms with Gasteiger partial charge in [0.2, 0.25) is 0 Å². The van der Waals surface area contributed by atoms with Crippen molar-refractivity contribution in [3.63, 3.8) is 0 Å². The summed E-state index contributed by atoms with van der Waals surface area (Å²) in [5.74, 6) is 0.957. The molecule has 2 rings (SSSR count). The van der Waals surface area contributed by atoms with Crippen LogP contribution in [0.25, 0.3) is 0 Å². The molecule has 0 aliphatic rings. The van der Waals surface area contributed by atoms with E-state index in [1.165, 1.54) is 21.6 Å². The highest BCUT2D eigenvalue weighted by molar-refractivity contribution is 7.99. The Morgan fingerprint density at radius 1 is 1.05 bits per heavy atom. The van der Waals surface area contributed by atoms with Gasteiger partial charge >= 0.3 is 0 Å². The molecule has 1 nitrogen and oxygen atoms in total. The first-order chi connectivity index (χ1) is 9.67. The first-order valence-corrected chi connectivity index (χ1v) is 8.19. The third-order valence-corrected chi connectivity index (χ3v) is 4.56. The normalized spacial score (nSPS) is 12.3. The molecule has 2 aromatic carbocycles. The summed E-state index contributed by atoms with van der Waals surface area (Å²) in [7, 11) is 0. The van der Waals surface area contributed by atoms with Crippen molar-refractivity contribution in [2.45, 2.75) is 37.6 Å². The summed E-state index contributed by atoms with van der Waals surface area (Å²) in [6.07, 6.45) is 2.04. The van der Waals surface area contributed by atoms with E-state index in [1.54, 1.807) is 0 Å². The predicted octanol–water partition coefficient (Wildman–Crippen LogP) is 4.22. The van der Waals surface area contributed by atoms with Crippen LogP contribution >= 0.6 is 11.8 Å². The molecule has 20 heavy (non-hydrogen) atoms. The number of aryl methyl sites for hydroxylation is 2. The van der Waals surface area contributed by atoms with E-state index in [9.17, 15) is 0 Å². The molecule has 0 heterocycles. The Morgan fingerprint density at radius 2 is 1.75 bits per heavy atom. The van der Waals surface area contributed by atoms with E-state index >= 15 is 0 Å². The van der Waals surface area contributed by atoms with Crippen LogP contribution in [-0.4, -0.2) is 11.8 Å². The molecule has 0 saturated carbocycles. The minimum Gasteiger partial charge on any atom is -0.327 e. The van der Waals surface area contributed by atoms with Gasteiger partial charge in [0.25, 0.3) is 0 Å². The molecule has 0 amide bonds. The Labute approximate surface area is 126 Å². The summed E-state index contributed by atoms with van der Waals surface area (Å²) in [4.78, 5) is 1.31. The summed E-state index contributed by atoms with van der Waals surface area (Å²) in [5, 5.41) is 0. The number of nitrogens with two attached hydrogens (primary N) is 1. The number of hydrogen-bond acceptors (Lipinski definition) is 2. The van der Waals surface area contributed by atoms with Gasteiger partial charge in [-0.3, -0.25) is 0 Å². The van der Waals surface area contributed by atoms with Crippen molar-refractivity contribution < 1.29 is 0 Å². The van der Waals surface area contributed by atoms with Crippen LogP contribution in [0, 0.1) is 6.92 Å². The SMILES string of the molecule is CCc1ccc(CC(N)CSc2cccc(C)c2)cc1. The zero-order chi connectivity index (χ0) is 14.4. The summed E-state index contributed by atoms with van der Waals surface area (Å²) >= 11 is 1.84. The lowest BCUT2D eigenvalue weighted by Crippen LogP contribution is -2.25. The maximum absolute atomic E-state index is 6.24. The van der Waals surface area contributed by atoms with E-state index in [0.717, 1.165) is 18.6 Å². The lowest BCUT2D eigenvalue weighted by molar-refractivity contribution is 0.748. The first kappa shape index (κ1) is 15.1. The van der Waals surface area contributed by atoms with Gasteiger partial charge in [-0.1, -0.05) is 48.9 Å². The third kappa shape index (κ3) is 4.69. The van der Waals surface area contributed by atoms with Gasteiger partial charge in [0.05, 0.1) is 0 Å². The molecule has 0 aliphatic carbocycles. The van der Waals surface area contributed by atoms with Gasteiger partial charge in [-0.05, 0) is 43.0 Å². The molecule has 0 radical (unpaired) electrons. The van der Waals surface area contributed by atoms with Crippen LogP contribution in [0.5, 0.6) is 0 Å². The monoisotopic (exact) mass is 285 g/mol. The quantitative estimate of drug-likeness (QED) is 0.804. The number of hydrogen-bond donors (Lipinski definition) is 1. The van der Waals surface area contributed by atoms with E-state index in [4.69, 9.17) is 5.73 Å². The summed E-state index contributed by atoms with van der Waals surface area (Å²) in [5.41, 5.74) is 10.3. The Kier molecular flexibility index (Phi) is 5.69. The average molecular weight is 285 g/mol. The van der Waals surface area contributed by atoms with Crippen LogP contribution in [0.1, 0.15) is 23.6 Å². The molecular formula is C18H23NS. The standard InChI is InChI=1S/C18H23NS/c1-3-15-7-9-16(10-8-15)12-17(19)13-20-18-6-4-5-14(2)11-18/h4-11,17H,3,12-13,19H2,1-2H3. The molecule has 0 aliphatic heterocycles. The molecule has 106 valence electrons. The highest BCUT2D eigenvalue weighted by Gasteiger charge is 2.05. The number of rotatable bonds is 6. The zero-order valence-corrected chi connectivity index (χ0v) is 13.1. The second-order valence-corrected chi connectivity index (χ2v) is 6.36. The molecule has 1 atom stereocenters. The van der Waals surface area contributed by atoms with E-state index < -0.39 is 0 Å². The highest BCUT2D eigenvalue weighted by Crippen LogP contribution is 2.20. The van der Waals surface area contributed by atoms with Crippen LogP contribution in [0.3, 0.4) is 0 Å². The molecular weight excluding hydrogens is 262 g/mol. The fraction of sp³-hybridized carbons (Fsp3) is 0.333. The molecule has 0 fully saturated rings. The zero-order valence-electron chi connectivity index (χ0n) is 12.3. The molecule has 0 bridgehead atoms. The van der Waals surface area contributed by atoms with Gasteiger partial charge in [-0.15, -0.1) is 11.8 Å². The predicted molar refractivity (Wildman–Crippen MR) is 89.4 cm³/mol. The lowest BCUT2D eigenvalue weighted by atomic mass is 10.0. The minimum atomic E-state index is 0.202. The maximum Gasteiger partial charge on any atom is 0.0174 e. The molecule has 0 spiro atoms. The molecule has 1 unspecified atom stereocenters. The Bertz CT molecular complexity index is 533. The topological polar surface area (TPSA) is 26.0 Å². The van der Waals surface area contributed by atoms with Crippen LogP contribution in [0.15, 0.2) is 53.4 Å². The summed E-state index contributed by atoms with van der Waals surface area (Å²) in [6.45, 7) is 4.30. The van der Waals surface area contributed by atoms with Gasteiger partial charge in [0.15, 0.2) is 0 Å². The number of thioether (sulfide) groups is 1. The average Bonchev–Trinajstić information content (AvgIpc) is 2.46. The summed E-state index contributed by atoms with van der Waals surface area (Å²) in [6, 6.07) is 17.6. The largest absolute Gasteiger partial charge is 0.327 e. The van der Waals surface area contributed by atoms with E-state index in [2.05, 4.69) is 62.4 Å².